The maximum atomic E-state index is 12.9. The van der Waals surface area contributed by atoms with Crippen molar-refractivity contribution in [1.29, 1.82) is 0 Å². The normalized spacial score (nSPS) is 11.4. The van der Waals surface area contributed by atoms with Gasteiger partial charge >= 0.3 is 6.18 Å². The average Bonchev–Trinajstić information content (AvgIpc) is 2.99. The average molecular weight is 425 g/mol. The lowest BCUT2D eigenvalue weighted by molar-refractivity contribution is -0.137. The maximum absolute atomic E-state index is 12.9. The molecule has 1 heterocycles. The summed E-state index contributed by atoms with van der Waals surface area (Å²) in [6.45, 7) is 3.22. The third kappa shape index (κ3) is 4.89. The molecule has 152 valence electrons. The van der Waals surface area contributed by atoms with E-state index in [0.29, 0.717) is 11.5 Å². The van der Waals surface area contributed by atoms with Crippen LogP contribution in [0.1, 0.15) is 17.0 Å². The third-order valence-electron chi connectivity index (χ3n) is 4.08. The molecule has 0 saturated carbocycles. The predicted molar refractivity (Wildman–Crippen MR) is 102 cm³/mol. The number of aromatic nitrogens is 1. The molecule has 0 fully saturated rings. The second-order valence-corrected chi connectivity index (χ2v) is 6.66. The largest absolute Gasteiger partial charge is 0.484 e. The molecule has 3 aromatic rings. The quantitative estimate of drug-likeness (QED) is 0.575. The van der Waals surface area contributed by atoms with Gasteiger partial charge in [0, 0.05) is 11.3 Å². The summed E-state index contributed by atoms with van der Waals surface area (Å²) in [4.78, 5) is 12.1. The molecule has 1 N–H and O–H groups in total. The van der Waals surface area contributed by atoms with Gasteiger partial charge < -0.3 is 14.6 Å². The number of amides is 1. The molecule has 0 aliphatic carbocycles. The third-order valence-corrected chi connectivity index (χ3v) is 4.41. The van der Waals surface area contributed by atoms with E-state index in [1.165, 1.54) is 6.07 Å². The SMILES string of the molecule is Cc1noc(C)c1-c1cccc(OCC(=O)Nc2ccc(Cl)c(C(F)(F)F)c2)c1. The van der Waals surface area contributed by atoms with Crippen LogP contribution in [0.4, 0.5) is 18.9 Å². The zero-order chi connectivity index (χ0) is 21.2. The number of nitrogens with zero attached hydrogens (tertiary/aromatic N) is 1. The van der Waals surface area contributed by atoms with Crippen molar-refractivity contribution >= 4 is 23.2 Å². The van der Waals surface area contributed by atoms with Gasteiger partial charge in [-0.2, -0.15) is 13.2 Å². The van der Waals surface area contributed by atoms with Crippen LogP contribution in [0.25, 0.3) is 11.1 Å². The van der Waals surface area contributed by atoms with E-state index in [1.807, 2.05) is 13.0 Å². The Bertz CT molecular complexity index is 1030. The van der Waals surface area contributed by atoms with E-state index >= 15 is 0 Å². The molecule has 1 aromatic heterocycles. The Morgan fingerprint density at radius 2 is 1.97 bits per heavy atom. The van der Waals surface area contributed by atoms with E-state index in [-0.39, 0.29) is 12.3 Å². The summed E-state index contributed by atoms with van der Waals surface area (Å²) in [7, 11) is 0. The summed E-state index contributed by atoms with van der Waals surface area (Å²) in [5.41, 5.74) is 1.32. The van der Waals surface area contributed by atoms with Crippen molar-refractivity contribution in [2.45, 2.75) is 20.0 Å². The molecule has 29 heavy (non-hydrogen) atoms. The van der Waals surface area contributed by atoms with Gasteiger partial charge in [-0.3, -0.25) is 4.79 Å². The number of halogens is 4. The highest BCUT2D eigenvalue weighted by Crippen LogP contribution is 2.36. The predicted octanol–water partition coefficient (Wildman–Crippen LogP) is 5.65. The molecule has 5 nitrogen and oxygen atoms in total. The van der Waals surface area contributed by atoms with Crippen molar-refractivity contribution in [3.05, 3.63) is 64.5 Å². The molecule has 0 aliphatic rings. The standard InChI is InChI=1S/C20H16ClF3N2O3/c1-11-19(12(2)29-26-11)13-4-3-5-15(8-13)28-10-18(27)25-14-6-7-17(21)16(9-14)20(22,23)24/h3-9H,10H2,1-2H3,(H,25,27). The number of aryl methyl sites for hydroxylation is 2. The first kappa shape index (κ1) is 20.7. The first-order valence-corrected chi connectivity index (χ1v) is 8.85. The molecular weight excluding hydrogens is 409 g/mol. The van der Waals surface area contributed by atoms with Crippen LogP contribution < -0.4 is 10.1 Å². The van der Waals surface area contributed by atoms with E-state index in [0.717, 1.165) is 29.0 Å². The van der Waals surface area contributed by atoms with Crippen LogP contribution in [0, 0.1) is 13.8 Å². The Morgan fingerprint density at radius 1 is 1.21 bits per heavy atom. The van der Waals surface area contributed by atoms with E-state index in [2.05, 4.69) is 10.5 Å². The number of ether oxygens (including phenoxy) is 1. The van der Waals surface area contributed by atoms with Crippen molar-refractivity contribution in [1.82, 2.24) is 5.16 Å². The Kier molecular flexibility index (Phi) is 5.83. The van der Waals surface area contributed by atoms with Crippen molar-refractivity contribution in [3.63, 3.8) is 0 Å². The van der Waals surface area contributed by atoms with Crippen molar-refractivity contribution in [3.8, 4) is 16.9 Å². The van der Waals surface area contributed by atoms with Gasteiger partial charge in [0.05, 0.1) is 16.3 Å². The second kappa shape index (κ2) is 8.16. The van der Waals surface area contributed by atoms with E-state index < -0.39 is 22.7 Å². The minimum Gasteiger partial charge on any atom is -0.484 e. The van der Waals surface area contributed by atoms with Crippen LogP contribution in [0.15, 0.2) is 47.0 Å². The smallest absolute Gasteiger partial charge is 0.417 e. The zero-order valence-corrected chi connectivity index (χ0v) is 16.2. The lowest BCUT2D eigenvalue weighted by Crippen LogP contribution is -2.20. The Hall–Kier alpha value is -3.00. The topological polar surface area (TPSA) is 64.4 Å². The molecule has 9 heteroatoms. The number of hydrogen-bond donors (Lipinski definition) is 1. The van der Waals surface area contributed by atoms with E-state index in [4.69, 9.17) is 20.9 Å². The van der Waals surface area contributed by atoms with Crippen LogP contribution in [-0.2, 0) is 11.0 Å². The summed E-state index contributed by atoms with van der Waals surface area (Å²) in [5.74, 6) is 0.466. The number of carbonyl (C=O) groups is 1. The summed E-state index contributed by atoms with van der Waals surface area (Å²) < 4.78 is 49.4. The van der Waals surface area contributed by atoms with Crippen LogP contribution >= 0.6 is 11.6 Å². The molecule has 3 rings (SSSR count). The maximum Gasteiger partial charge on any atom is 0.417 e. The summed E-state index contributed by atoms with van der Waals surface area (Å²) in [6.07, 6.45) is -4.62. The van der Waals surface area contributed by atoms with Gasteiger partial charge in [-0.05, 0) is 49.7 Å². The minimum absolute atomic E-state index is 0.0280. The Morgan fingerprint density at radius 3 is 2.62 bits per heavy atom. The summed E-state index contributed by atoms with van der Waals surface area (Å²) in [6, 6.07) is 10.1. The van der Waals surface area contributed by atoms with Crippen LogP contribution in [0.5, 0.6) is 5.75 Å². The zero-order valence-electron chi connectivity index (χ0n) is 15.4. The van der Waals surface area contributed by atoms with Gasteiger partial charge in [-0.15, -0.1) is 0 Å². The van der Waals surface area contributed by atoms with Crippen molar-refractivity contribution < 1.29 is 27.2 Å². The number of rotatable bonds is 5. The van der Waals surface area contributed by atoms with Gasteiger partial charge in [0.25, 0.3) is 5.91 Å². The van der Waals surface area contributed by atoms with E-state index in [1.54, 1.807) is 25.1 Å². The van der Waals surface area contributed by atoms with Crippen LogP contribution in [0.2, 0.25) is 5.02 Å². The molecule has 0 unspecified atom stereocenters. The number of alkyl halides is 3. The molecule has 0 spiro atoms. The number of nitrogens with one attached hydrogen (secondary N) is 1. The molecule has 0 bridgehead atoms. The second-order valence-electron chi connectivity index (χ2n) is 6.26. The van der Waals surface area contributed by atoms with Crippen molar-refractivity contribution in [2.24, 2.45) is 0 Å². The summed E-state index contributed by atoms with van der Waals surface area (Å²) >= 11 is 5.57. The highest BCUT2D eigenvalue weighted by molar-refractivity contribution is 6.31. The highest BCUT2D eigenvalue weighted by Gasteiger charge is 2.33. The fraction of sp³-hybridized carbons (Fsp3) is 0.200. The van der Waals surface area contributed by atoms with Gasteiger partial charge in [-0.25, -0.2) is 0 Å². The summed E-state index contributed by atoms with van der Waals surface area (Å²) in [5, 5.41) is 5.83. The highest BCUT2D eigenvalue weighted by atomic mass is 35.5. The molecule has 0 radical (unpaired) electrons. The monoisotopic (exact) mass is 424 g/mol. The number of carbonyl (C=O) groups excluding carboxylic acids is 1. The number of hydrogen-bond acceptors (Lipinski definition) is 4. The fourth-order valence-corrected chi connectivity index (χ4v) is 3.03. The lowest BCUT2D eigenvalue weighted by atomic mass is 10.0. The van der Waals surface area contributed by atoms with Gasteiger partial charge in [-0.1, -0.05) is 28.9 Å². The Balaban J connectivity index is 1.67. The number of benzene rings is 2. The van der Waals surface area contributed by atoms with E-state index in [9.17, 15) is 18.0 Å². The van der Waals surface area contributed by atoms with Crippen LogP contribution in [-0.4, -0.2) is 17.7 Å². The Labute approximate surface area is 169 Å². The van der Waals surface area contributed by atoms with Gasteiger partial charge in [0.2, 0.25) is 0 Å². The molecule has 2 aromatic carbocycles. The van der Waals surface area contributed by atoms with Crippen molar-refractivity contribution in [2.75, 3.05) is 11.9 Å². The fourth-order valence-electron chi connectivity index (χ4n) is 2.80. The molecule has 0 atom stereocenters. The van der Waals surface area contributed by atoms with Crippen LogP contribution in [0.3, 0.4) is 0 Å². The molecular formula is C20H16ClF3N2O3. The molecule has 0 saturated heterocycles. The lowest BCUT2D eigenvalue weighted by Gasteiger charge is -2.12. The van der Waals surface area contributed by atoms with Gasteiger partial charge in [0.15, 0.2) is 6.61 Å². The minimum atomic E-state index is -4.62. The molecule has 0 aliphatic heterocycles. The number of anilines is 1. The van der Waals surface area contributed by atoms with Gasteiger partial charge in [0.1, 0.15) is 11.5 Å². The first-order valence-electron chi connectivity index (χ1n) is 8.48. The first-order chi connectivity index (χ1) is 13.6. The molecule has 1 amide bonds.